The van der Waals surface area contributed by atoms with Crippen molar-refractivity contribution in [2.24, 2.45) is 5.92 Å². The zero-order valence-electron chi connectivity index (χ0n) is 5.46. The van der Waals surface area contributed by atoms with Crippen LogP contribution in [0.3, 0.4) is 0 Å². The van der Waals surface area contributed by atoms with Crippen molar-refractivity contribution in [1.82, 2.24) is 0 Å². The summed E-state index contributed by atoms with van der Waals surface area (Å²) in [6.07, 6.45) is -1.21. The molecular formula is C5H12O4. The maximum atomic E-state index is 9.89. The number of aliphatic hydroxyl groups excluding tert-OH is 1. The number of hydrogen-bond donors (Lipinski definition) is 2. The topological polar surface area (TPSA) is 89.0 Å². The molecule has 0 saturated heterocycles. The number of rotatable bonds is 2. The minimum Gasteiger partial charge on any atom is -0.479 e. The molecule has 0 bridgehead atoms. The highest BCUT2D eigenvalue weighted by molar-refractivity contribution is 5.72. The number of hydrogen-bond acceptors (Lipinski definition) is 2. The van der Waals surface area contributed by atoms with Crippen LogP contribution in [0.1, 0.15) is 13.8 Å². The second-order valence-electron chi connectivity index (χ2n) is 2.03. The Morgan fingerprint density at radius 2 is 1.78 bits per heavy atom. The highest BCUT2D eigenvalue weighted by Gasteiger charge is 2.16. The van der Waals surface area contributed by atoms with Gasteiger partial charge in [0, 0.05) is 0 Å². The van der Waals surface area contributed by atoms with E-state index in [9.17, 15) is 4.79 Å². The Hall–Kier alpha value is -0.610. The maximum Gasteiger partial charge on any atom is 0.332 e. The predicted molar refractivity (Wildman–Crippen MR) is 32.1 cm³/mol. The molecule has 1 atom stereocenters. The third-order valence-electron chi connectivity index (χ3n) is 0.884. The molecule has 0 aromatic rings. The summed E-state index contributed by atoms with van der Waals surface area (Å²) >= 11 is 0. The van der Waals surface area contributed by atoms with Gasteiger partial charge in [0.15, 0.2) is 6.10 Å². The van der Waals surface area contributed by atoms with E-state index in [1.165, 1.54) is 0 Å². The summed E-state index contributed by atoms with van der Waals surface area (Å²) < 4.78 is 0. The van der Waals surface area contributed by atoms with Crippen molar-refractivity contribution in [1.29, 1.82) is 0 Å². The van der Waals surface area contributed by atoms with Gasteiger partial charge < -0.3 is 15.7 Å². The lowest BCUT2D eigenvalue weighted by Crippen LogP contribution is -2.25. The maximum absolute atomic E-state index is 9.89. The molecule has 0 spiro atoms. The van der Waals surface area contributed by atoms with Crippen LogP contribution in [0.4, 0.5) is 0 Å². The Morgan fingerprint density at radius 3 is 1.78 bits per heavy atom. The third-order valence-corrected chi connectivity index (χ3v) is 0.884. The zero-order chi connectivity index (χ0) is 6.73. The van der Waals surface area contributed by atoms with Crippen LogP contribution in [0.25, 0.3) is 0 Å². The first-order valence-corrected chi connectivity index (χ1v) is 2.46. The van der Waals surface area contributed by atoms with Gasteiger partial charge in [-0.25, -0.2) is 4.79 Å². The van der Waals surface area contributed by atoms with Gasteiger partial charge in [0.25, 0.3) is 0 Å². The molecule has 0 aliphatic heterocycles. The lowest BCUT2D eigenvalue weighted by molar-refractivity contribution is -0.148. The standard InChI is InChI=1S/C5H10O3.H2O/c1-3(2)4(6)5(7)8;/h3-4,6H,1-2H3,(H,7,8);1H2. The minimum absolute atomic E-state index is 0. The Bertz CT molecular complexity index is 89.0. The first-order chi connectivity index (χ1) is 3.55. The van der Waals surface area contributed by atoms with Gasteiger partial charge >= 0.3 is 5.97 Å². The summed E-state index contributed by atoms with van der Waals surface area (Å²) in [4.78, 5) is 9.89. The highest BCUT2D eigenvalue weighted by Crippen LogP contribution is 1.99. The SMILES string of the molecule is CC(C)C(O)C(=O)O.O. The molecule has 4 nitrogen and oxygen atoms in total. The Kier molecular flexibility index (Phi) is 5.34. The summed E-state index contributed by atoms with van der Waals surface area (Å²) in [6, 6.07) is 0. The van der Waals surface area contributed by atoms with Gasteiger partial charge in [0.2, 0.25) is 0 Å². The Labute approximate surface area is 53.4 Å². The number of carboxylic acid groups (broad SMARTS) is 1. The lowest BCUT2D eigenvalue weighted by atomic mass is 10.1. The highest BCUT2D eigenvalue weighted by atomic mass is 16.4. The number of carboxylic acids is 1. The lowest BCUT2D eigenvalue weighted by Gasteiger charge is -2.06. The van der Waals surface area contributed by atoms with Gasteiger partial charge in [-0.2, -0.15) is 0 Å². The van der Waals surface area contributed by atoms with Gasteiger partial charge in [-0.3, -0.25) is 0 Å². The van der Waals surface area contributed by atoms with E-state index in [4.69, 9.17) is 10.2 Å². The van der Waals surface area contributed by atoms with Crippen molar-refractivity contribution >= 4 is 5.97 Å². The summed E-state index contributed by atoms with van der Waals surface area (Å²) in [6.45, 7) is 3.30. The number of carbonyl (C=O) groups is 1. The van der Waals surface area contributed by atoms with Crippen molar-refractivity contribution < 1.29 is 20.5 Å². The van der Waals surface area contributed by atoms with E-state index in [0.717, 1.165) is 0 Å². The smallest absolute Gasteiger partial charge is 0.332 e. The fraction of sp³-hybridized carbons (Fsp3) is 0.800. The summed E-state index contributed by atoms with van der Waals surface area (Å²) in [7, 11) is 0. The van der Waals surface area contributed by atoms with Crippen LogP contribution < -0.4 is 0 Å². The minimum atomic E-state index is -1.21. The van der Waals surface area contributed by atoms with Gasteiger partial charge in [-0.05, 0) is 5.92 Å². The fourth-order valence-electron chi connectivity index (χ4n) is 0.285. The average molecular weight is 136 g/mol. The number of aliphatic carboxylic acids is 1. The molecule has 0 rings (SSSR count). The van der Waals surface area contributed by atoms with Crippen LogP contribution in [0.5, 0.6) is 0 Å². The van der Waals surface area contributed by atoms with Crippen molar-refractivity contribution in [2.45, 2.75) is 20.0 Å². The molecule has 9 heavy (non-hydrogen) atoms. The van der Waals surface area contributed by atoms with Crippen LogP contribution in [-0.2, 0) is 4.79 Å². The summed E-state index contributed by atoms with van der Waals surface area (Å²) in [5, 5.41) is 16.7. The van der Waals surface area contributed by atoms with E-state index in [0.29, 0.717) is 0 Å². The predicted octanol–water partition coefficient (Wildman–Crippen LogP) is -0.737. The Balaban J connectivity index is 0. The molecule has 0 aliphatic carbocycles. The van der Waals surface area contributed by atoms with Crippen LogP contribution in [0.2, 0.25) is 0 Å². The molecule has 0 aliphatic rings. The van der Waals surface area contributed by atoms with Gasteiger partial charge in [-0.1, -0.05) is 13.8 Å². The molecule has 56 valence electrons. The molecule has 0 aromatic heterocycles. The van der Waals surface area contributed by atoms with E-state index in [1.54, 1.807) is 13.8 Å². The van der Waals surface area contributed by atoms with Crippen molar-refractivity contribution in [2.75, 3.05) is 0 Å². The second-order valence-corrected chi connectivity index (χ2v) is 2.03. The largest absolute Gasteiger partial charge is 0.479 e. The molecule has 0 radical (unpaired) electrons. The number of aliphatic hydroxyl groups is 1. The van der Waals surface area contributed by atoms with Crippen LogP contribution in [0, 0.1) is 5.92 Å². The van der Waals surface area contributed by atoms with E-state index < -0.39 is 12.1 Å². The van der Waals surface area contributed by atoms with Gasteiger partial charge in [0.05, 0.1) is 0 Å². The van der Waals surface area contributed by atoms with Crippen molar-refractivity contribution in [3.05, 3.63) is 0 Å². The van der Waals surface area contributed by atoms with E-state index in [-0.39, 0.29) is 11.4 Å². The molecule has 0 saturated carbocycles. The molecule has 4 N–H and O–H groups in total. The molecule has 1 unspecified atom stereocenters. The fourth-order valence-corrected chi connectivity index (χ4v) is 0.285. The van der Waals surface area contributed by atoms with Crippen LogP contribution >= 0.6 is 0 Å². The molecule has 0 heterocycles. The second kappa shape index (κ2) is 4.29. The third kappa shape index (κ3) is 3.93. The quantitative estimate of drug-likeness (QED) is 0.524. The van der Waals surface area contributed by atoms with E-state index in [2.05, 4.69) is 0 Å². The normalized spacial score (nSPS) is 12.4. The molecular weight excluding hydrogens is 124 g/mol. The molecule has 0 aromatic carbocycles. The first-order valence-electron chi connectivity index (χ1n) is 2.46. The first kappa shape index (κ1) is 11.2. The average Bonchev–Trinajstić information content (AvgIpc) is 1.64. The monoisotopic (exact) mass is 136 g/mol. The van der Waals surface area contributed by atoms with Gasteiger partial charge in [-0.15, -0.1) is 0 Å². The van der Waals surface area contributed by atoms with Gasteiger partial charge in [0.1, 0.15) is 0 Å². The van der Waals surface area contributed by atoms with E-state index in [1.807, 2.05) is 0 Å². The summed E-state index contributed by atoms with van der Waals surface area (Å²) in [5.74, 6) is -1.35. The molecule has 0 fully saturated rings. The zero-order valence-corrected chi connectivity index (χ0v) is 5.46. The van der Waals surface area contributed by atoms with Crippen LogP contribution in [-0.4, -0.2) is 27.8 Å². The summed E-state index contributed by atoms with van der Waals surface area (Å²) in [5.41, 5.74) is 0. The van der Waals surface area contributed by atoms with Crippen molar-refractivity contribution in [3.8, 4) is 0 Å². The molecule has 4 heteroatoms. The van der Waals surface area contributed by atoms with Crippen LogP contribution in [0.15, 0.2) is 0 Å². The van der Waals surface area contributed by atoms with Crippen molar-refractivity contribution in [3.63, 3.8) is 0 Å². The molecule has 0 amide bonds. The Morgan fingerprint density at radius 1 is 1.44 bits per heavy atom. The van der Waals surface area contributed by atoms with E-state index >= 15 is 0 Å².